The van der Waals surface area contributed by atoms with Crippen LogP contribution in [0.15, 0.2) is 0 Å². The van der Waals surface area contributed by atoms with Crippen molar-refractivity contribution < 1.29 is 23.8 Å². The molecule has 1 rings (SSSR count). The zero-order valence-corrected chi connectivity index (χ0v) is 11.4. The van der Waals surface area contributed by atoms with Gasteiger partial charge >= 0.3 is 11.9 Å². The summed E-state index contributed by atoms with van der Waals surface area (Å²) in [6.45, 7) is 6.75. The molecule has 18 heavy (non-hydrogen) atoms. The quantitative estimate of drug-likeness (QED) is 0.675. The molecule has 0 aromatic heterocycles. The molecule has 6 nitrogen and oxygen atoms in total. The van der Waals surface area contributed by atoms with Crippen molar-refractivity contribution in [2.24, 2.45) is 0 Å². The monoisotopic (exact) mass is 259 g/mol. The lowest BCUT2D eigenvalue weighted by atomic mass is 10.2. The van der Waals surface area contributed by atoms with Gasteiger partial charge in [-0.1, -0.05) is 0 Å². The molecule has 0 saturated carbocycles. The van der Waals surface area contributed by atoms with Crippen molar-refractivity contribution in [3.63, 3.8) is 0 Å². The lowest BCUT2D eigenvalue weighted by Crippen LogP contribution is -2.52. The van der Waals surface area contributed by atoms with E-state index in [1.807, 2.05) is 20.8 Å². The second-order valence-corrected chi connectivity index (χ2v) is 5.17. The SMILES string of the molecule is COC(=O)C1COCCN1CC(=O)OC(C)(C)C. The predicted molar refractivity (Wildman–Crippen MR) is 64.0 cm³/mol. The highest BCUT2D eigenvalue weighted by Crippen LogP contribution is 2.11. The van der Waals surface area contributed by atoms with Gasteiger partial charge in [0.05, 0.1) is 26.9 Å². The highest BCUT2D eigenvalue weighted by molar-refractivity contribution is 5.78. The van der Waals surface area contributed by atoms with Crippen LogP contribution in [0.25, 0.3) is 0 Å². The molecule has 0 radical (unpaired) electrons. The maximum atomic E-state index is 11.7. The fourth-order valence-electron chi connectivity index (χ4n) is 1.72. The maximum absolute atomic E-state index is 11.7. The molecule has 1 aliphatic rings. The van der Waals surface area contributed by atoms with Crippen LogP contribution in [0, 0.1) is 0 Å². The Morgan fingerprint density at radius 3 is 2.61 bits per heavy atom. The molecule has 0 aromatic carbocycles. The topological polar surface area (TPSA) is 65.1 Å². The van der Waals surface area contributed by atoms with Crippen molar-refractivity contribution in [2.45, 2.75) is 32.4 Å². The van der Waals surface area contributed by atoms with E-state index in [1.165, 1.54) is 7.11 Å². The van der Waals surface area contributed by atoms with Gasteiger partial charge in [0.2, 0.25) is 0 Å². The van der Waals surface area contributed by atoms with Crippen LogP contribution in [0.1, 0.15) is 20.8 Å². The summed E-state index contributed by atoms with van der Waals surface area (Å²) in [5, 5.41) is 0. The van der Waals surface area contributed by atoms with Gasteiger partial charge in [-0.25, -0.2) is 0 Å². The number of rotatable bonds is 3. The Kier molecular flexibility index (Phi) is 5.10. The standard InChI is InChI=1S/C12H21NO5/c1-12(2,3)18-10(14)7-13-5-6-17-8-9(13)11(15)16-4/h9H,5-8H2,1-4H3. The molecular weight excluding hydrogens is 238 g/mol. The Balaban J connectivity index is 2.57. The normalized spacial score (nSPS) is 21.4. The van der Waals surface area contributed by atoms with Crippen LogP contribution in [-0.4, -0.2) is 61.9 Å². The Hall–Kier alpha value is -1.14. The Labute approximate surface area is 107 Å². The lowest BCUT2D eigenvalue weighted by Gasteiger charge is -2.33. The van der Waals surface area contributed by atoms with Crippen LogP contribution in [0.4, 0.5) is 0 Å². The van der Waals surface area contributed by atoms with Crippen molar-refractivity contribution in [1.82, 2.24) is 4.90 Å². The molecule has 0 aliphatic carbocycles. The zero-order valence-electron chi connectivity index (χ0n) is 11.4. The first-order chi connectivity index (χ1) is 8.33. The van der Waals surface area contributed by atoms with Gasteiger partial charge in [0, 0.05) is 6.54 Å². The van der Waals surface area contributed by atoms with Gasteiger partial charge in [-0.05, 0) is 20.8 Å². The molecule has 0 amide bonds. The van der Waals surface area contributed by atoms with Crippen molar-refractivity contribution in [3.05, 3.63) is 0 Å². The van der Waals surface area contributed by atoms with Crippen LogP contribution in [-0.2, 0) is 23.8 Å². The van der Waals surface area contributed by atoms with E-state index < -0.39 is 17.6 Å². The summed E-state index contributed by atoms with van der Waals surface area (Å²) < 4.78 is 15.1. The fraction of sp³-hybridized carbons (Fsp3) is 0.833. The maximum Gasteiger partial charge on any atom is 0.325 e. The average Bonchev–Trinajstić information content (AvgIpc) is 2.26. The van der Waals surface area contributed by atoms with Crippen molar-refractivity contribution in [3.8, 4) is 0 Å². The van der Waals surface area contributed by atoms with E-state index in [4.69, 9.17) is 9.47 Å². The first-order valence-electron chi connectivity index (χ1n) is 5.95. The molecule has 0 bridgehead atoms. The molecule has 1 saturated heterocycles. The van der Waals surface area contributed by atoms with Crippen LogP contribution < -0.4 is 0 Å². The summed E-state index contributed by atoms with van der Waals surface area (Å²) in [6, 6.07) is -0.531. The number of morpholine rings is 1. The van der Waals surface area contributed by atoms with E-state index in [0.717, 1.165) is 0 Å². The third-order valence-electron chi connectivity index (χ3n) is 2.46. The van der Waals surface area contributed by atoms with Crippen LogP contribution in [0.2, 0.25) is 0 Å². The second kappa shape index (κ2) is 6.15. The predicted octanol–water partition coefficient (Wildman–Crippen LogP) is 0.202. The lowest BCUT2D eigenvalue weighted by molar-refractivity contribution is -0.163. The minimum atomic E-state index is -0.531. The van der Waals surface area contributed by atoms with E-state index in [0.29, 0.717) is 13.2 Å². The molecule has 1 aliphatic heterocycles. The van der Waals surface area contributed by atoms with E-state index in [2.05, 4.69) is 4.74 Å². The molecule has 6 heteroatoms. The number of hydrogen-bond donors (Lipinski definition) is 0. The summed E-state index contributed by atoms with van der Waals surface area (Å²) in [6.07, 6.45) is 0. The second-order valence-electron chi connectivity index (χ2n) is 5.17. The molecule has 0 spiro atoms. The molecule has 1 unspecified atom stereocenters. The summed E-state index contributed by atoms with van der Waals surface area (Å²) >= 11 is 0. The highest BCUT2D eigenvalue weighted by Gasteiger charge is 2.32. The minimum Gasteiger partial charge on any atom is -0.468 e. The van der Waals surface area contributed by atoms with Gasteiger partial charge in [-0.15, -0.1) is 0 Å². The van der Waals surface area contributed by atoms with Crippen LogP contribution in [0.3, 0.4) is 0 Å². The molecule has 1 atom stereocenters. The molecule has 0 N–H and O–H groups in total. The molecule has 0 aromatic rings. The third-order valence-corrected chi connectivity index (χ3v) is 2.46. The highest BCUT2D eigenvalue weighted by atomic mass is 16.6. The van der Waals surface area contributed by atoms with Crippen LogP contribution in [0.5, 0.6) is 0 Å². The molecular formula is C12H21NO5. The first kappa shape index (κ1) is 14.9. The van der Waals surface area contributed by atoms with E-state index in [9.17, 15) is 9.59 Å². The van der Waals surface area contributed by atoms with Crippen molar-refractivity contribution >= 4 is 11.9 Å². The van der Waals surface area contributed by atoms with Crippen molar-refractivity contribution in [2.75, 3.05) is 33.4 Å². The molecule has 1 heterocycles. The largest absolute Gasteiger partial charge is 0.468 e. The van der Waals surface area contributed by atoms with E-state index in [-0.39, 0.29) is 19.1 Å². The Morgan fingerprint density at radius 2 is 2.06 bits per heavy atom. The summed E-state index contributed by atoms with van der Waals surface area (Å²) in [4.78, 5) is 25.0. The Bertz CT molecular complexity index is 310. The van der Waals surface area contributed by atoms with E-state index >= 15 is 0 Å². The number of hydrogen-bond acceptors (Lipinski definition) is 6. The number of ether oxygens (including phenoxy) is 3. The van der Waals surface area contributed by atoms with Gasteiger partial charge < -0.3 is 14.2 Å². The average molecular weight is 259 g/mol. The smallest absolute Gasteiger partial charge is 0.325 e. The molecule has 1 fully saturated rings. The summed E-state index contributed by atoms with van der Waals surface area (Å²) in [5.41, 5.74) is -0.524. The van der Waals surface area contributed by atoms with Crippen LogP contribution >= 0.6 is 0 Å². The number of carbonyl (C=O) groups excluding carboxylic acids is 2. The van der Waals surface area contributed by atoms with Gasteiger partial charge in [-0.3, -0.25) is 14.5 Å². The van der Waals surface area contributed by atoms with Gasteiger partial charge in [0.1, 0.15) is 11.6 Å². The number of nitrogens with zero attached hydrogens (tertiary/aromatic N) is 1. The zero-order chi connectivity index (χ0) is 13.8. The summed E-state index contributed by atoms with van der Waals surface area (Å²) in [7, 11) is 1.32. The first-order valence-corrected chi connectivity index (χ1v) is 5.95. The minimum absolute atomic E-state index is 0.0698. The number of methoxy groups -OCH3 is 1. The van der Waals surface area contributed by atoms with Gasteiger partial charge in [0.25, 0.3) is 0 Å². The number of carbonyl (C=O) groups is 2. The van der Waals surface area contributed by atoms with Gasteiger partial charge in [-0.2, -0.15) is 0 Å². The van der Waals surface area contributed by atoms with Gasteiger partial charge in [0.15, 0.2) is 0 Å². The van der Waals surface area contributed by atoms with Crippen molar-refractivity contribution in [1.29, 1.82) is 0 Å². The fourth-order valence-corrected chi connectivity index (χ4v) is 1.72. The summed E-state index contributed by atoms with van der Waals surface area (Å²) in [5.74, 6) is -0.739. The molecule has 104 valence electrons. The van der Waals surface area contributed by atoms with E-state index in [1.54, 1.807) is 4.90 Å². The number of esters is 2. The Morgan fingerprint density at radius 1 is 1.39 bits per heavy atom. The third kappa shape index (κ3) is 4.62.